The van der Waals surface area contributed by atoms with Gasteiger partial charge in [0.15, 0.2) is 5.52 Å². The first-order chi connectivity index (χ1) is 22.1. The summed E-state index contributed by atoms with van der Waals surface area (Å²) < 4.78 is 35.9. The molecule has 7 nitrogen and oxygen atoms in total. The number of anilines is 2. The highest BCUT2D eigenvalue weighted by Gasteiger charge is 2.21. The van der Waals surface area contributed by atoms with Crippen LogP contribution in [0.15, 0.2) is 96.0 Å². The fourth-order valence-corrected chi connectivity index (χ4v) is 7.44. The predicted octanol–water partition coefficient (Wildman–Crippen LogP) is 7.36. The lowest BCUT2D eigenvalue weighted by Gasteiger charge is -2.32. The maximum Gasteiger partial charge on any atom is 0.292 e. The second-order valence-corrected chi connectivity index (χ2v) is 14.8. The Morgan fingerprint density at radius 2 is 1.26 bits per heavy atom. The summed E-state index contributed by atoms with van der Waals surface area (Å²) in [6.07, 6.45) is 7.47. The van der Waals surface area contributed by atoms with E-state index >= 15 is 0 Å². The van der Waals surface area contributed by atoms with Crippen molar-refractivity contribution in [2.24, 2.45) is 11.8 Å². The van der Waals surface area contributed by atoms with Crippen molar-refractivity contribution >= 4 is 54.5 Å². The van der Waals surface area contributed by atoms with E-state index in [-0.39, 0.29) is 4.90 Å². The third-order valence-corrected chi connectivity index (χ3v) is 10.8. The molecule has 2 saturated heterocycles. The molecular formula is C38H42N4O3S. The summed E-state index contributed by atoms with van der Waals surface area (Å²) >= 11 is 0. The number of fused-ring (bicyclic) bond motifs is 7. The van der Waals surface area contributed by atoms with Crippen molar-refractivity contribution in [3.8, 4) is 0 Å². The van der Waals surface area contributed by atoms with Crippen LogP contribution in [0.2, 0.25) is 0 Å². The number of imidazole rings is 1. The van der Waals surface area contributed by atoms with Gasteiger partial charge in [-0.3, -0.25) is 0 Å². The largest absolute Gasteiger partial charge is 0.744 e. The van der Waals surface area contributed by atoms with Crippen LogP contribution < -0.4 is 14.2 Å². The minimum absolute atomic E-state index is 0.178. The van der Waals surface area contributed by atoms with Gasteiger partial charge in [0, 0.05) is 54.4 Å². The van der Waals surface area contributed by atoms with Crippen molar-refractivity contribution < 1.29 is 17.4 Å². The molecule has 0 bridgehead atoms. The number of aromatic nitrogens is 2. The zero-order valence-electron chi connectivity index (χ0n) is 26.9. The van der Waals surface area contributed by atoms with Crippen LogP contribution in [-0.2, 0) is 10.1 Å². The Labute approximate surface area is 271 Å². The van der Waals surface area contributed by atoms with Gasteiger partial charge in [0.1, 0.15) is 27.3 Å². The van der Waals surface area contributed by atoms with Crippen molar-refractivity contribution in [2.45, 2.75) is 51.3 Å². The molecule has 0 saturated carbocycles. The third-order valence-electron chi connectivity index (χ3n) is 9.97. The first-order valence-corrected chi connectivity index (χ1v) is 17.9. The Kier molecular flexibility index (Phi) is 8.11. The lowest BCUT2D eigenvalue weighted by molar-refractivity contribution is -0.479. The summed E-state index contributed by atoms with van der Waals surface area (Å²) in [4.78, 5) is 4.93. The van der Waals surface area contributed by atoms with E-state index in [1.165, 1.54) is 108 Å². The van der Waals surface area contributed by atoms with E-state index in [4.69, 9.17) is 0 Å². The van der Waals surface area contributed by atoms with E-state index in [9.17, 15) is 13.0 Å². The Balaban J connectivity index is 0.000000263. The van der Waals surface area contributed by atoms with Gasteiger partial charge in [-0.15, -0.1) is 0 Å². The summed E-state index contributed by atoms with van der Waals surface area (Å²) in [5.41, 5.74) is 8.65. The summed E-state index contributed by atoms with van der Waals surface area (Å²) in [7, 11) is -4.27. The van der Waals surface area contributed by atoms with Crippen LogP contribution in [-0.4, -0.2) is 43.6 Å². The minimum Gasteiger partial charge on any atom is -0.744 e. The molecule has 0 radical (unpaired) electrons. The smallest absolute Gasteiger partial charge is 0.292 e. The van der Waals surface area contributed by atoms with Gasteiger partial charge in [-0.05, 0) is 111 Å². The molecule has 0 N–H and O–H groups in total. The zero-order chi connectivity index (χ0) is 32.0. The van der Waals surface area contributed by atoms with Crippen molar-refractivity contribution in [1.82, 2.24) is 4.40 Å². The lowest BCUT2D eigenvalue weighted by Crippen LogP contribution is -2.32. The second-order valence-electron chi connectivity index (χ2n) is 13.4. The van der Waals surface area contributed by atoms with Gasteiger partial charge in [-0.1, -0.05) is 31.5 Å². The molecule has 0 atom stereocenters. The quantitative estimate of drug-likeness (QED) is 0.150. The number of benzene rings is 3. The minimum atomic E-state index is -4.27. The molecule has 6 aromatic rings. The van der Waals surface area contributed by atoms with Crippen molar-refractivity contribution in [3.05, 3.63) is 96.7 Å². The first-order valence-electron chi connectivity index (χ1n) is 16.5. The summed E-state index contributed by atoms with van der Waals surface area (Å²) in [5, 5.41) is 2.61. The molecule has 3 aromatic heterocycles. The summed E-state index contributed by atoms with van der Waals surface area (Å²) in [6, 6.07) is 29.0. The van der Waals surface area contributed by atoms with Gasteiger partial charge in [0.2, 0.25) is 0 Å². The predicted molar refractivity (Wildman–Crippen MR) is 186 cm³/mol. The summed E-state index contributed by atoms with van der Waals surface area (Å²) in [6.45, 7) is 11.2. The molecule has 8 heteroatoms. The van der Waals surface area contributed by atoms with E-state index in [0.29, 0.717) is 0 Å². The van der Waals surface area contributed by atoms with Crippen LogP contribution in [0, 0.1) is 18.8 Å². The van der Waals surface area contributed by atoms with E-state index in [2.05, 4.69) is 99.3 Å². The molecule has 2 fully saturated rings. The number of rotatable bonds is 3. The standard InChI is InChI=1S/C31H35N4.C7H8O3S/c1-22-11-15-32(16-12-22)26-6-8-29-24(19-26)4-10-31-34(29)21-28-5-3-25-20-27(7-9-30(25)35(28)31)33-17-13-23(2)14-18-33;1-6-2-4-7(5-3-6)11(8,9)10/h3-10,19-23H,11-18H2,1-2H3;2-5H,1H3,(H,8,9,10)/q+1;/p-1. The monoisotopic (exact) mass is 634 g/mol. The highest BCUT2D eigenvalue weighted by Crippen LogP contribution is 2.30. The molecule has 46 heavy (non-hydrogen) atoms. The maximum absolute atomic E-state index is 10.4. The third kappa shape index (κ3) is 6.04. The van der Waals surface area contributed by atoms with Crippen molar-refractivity contribution in [3.63, 3.8) is 0 Å². The molecule has 0 amide bonds. The van der Waals surface area contributed by atoms with Gasteiger partial charge in [-0.2, -0.15) is 8.80 Å². The number of piperidine rings is 2. The molecule has 2 aliphatic rings. The Hall–Kier alpha value is -4.14. The average Bonchev–Trinajstić information content (AvgIpc) is 3.45. The Morgan fingerprint density at radius 3 is 1.87 bits per heavy atom. The molecule has 0 unspecified atom stereocenters. The average molecular weight is 635 g/mol. The molecule has 2 aliphatic heterocycles. The van der Waals surface area contributed by atoms with Gasteiger partial charge < -0.3 is 14.4 Å². The van der Waals surface area contributed by atoms with Crippen molar-refractivity contribution in [2.75, 3.05) is 36.0 Å². The number of hydrogen-bond acceptors (Lipinski definition) is 5. The van der Waals surface area contributed by atoms with E-state index in [1.807, 2.05) is 6.92 Å². The molecule has 8 rings (SSSR count). The Bertz CT molecular complexity index is 2140. The number of pyridine rings is 2. The number of hydrogen-bond donors (Lipinski definition) is 0. The fourth-order valence-electron chi connectivity index (χ4n) is 6.97. The van der Waals surface area contributed by atoms with E-state index < -0.39 is 10.1 Å². The van der Waals surface area contributed by atoms with Crippen LogP contribution in [0.5, 0.6) is 0 Å². The lowest BCUT2D eigenvalue weighted by atomic mass is 9.98. The molecule has 238 valence electrons. The van der Waals surface area contributed by atoms with Gasteiger partial charge in [0.05, 0.1) is 4.90 Å². The highest BCUT2D eigenvalue weighted by molar-refractivity contribution is 7.85. The van der Waals surface area contributed by atoms with Crippen LogP contribution in [0.3, 0.4) is 0 Å². The van der Waals surface area contributed by atoms with Crippen LogP contribution in [0.4, 0.5) is 11.4 Å². The van der Waals surface area contributed by atoms with Crippen LogP contribution in [0.25, 0.3) is 33.0 Å². The molecular weight excluding hydrogens is 593 g/mol. The number of aryl methyl sites for hydroxylation is 1. The topological polar surface area (TPSA) is 72.2 Å². The SMILES string of the molecule is CC1CCN(c2ccc3c(ccc4c[n+]5c6ccc(N7CCC(C)CC7)cc6ccc5n43)c2)CC1.Cc1ccc(S(=O)(=O)[O-])cc1. The maximum atomic E-state index is 10.4. The zero-order valence-corrected chi connectivity index (χ0v) is 27.7. The van der Waals surface area contributed by atoms with Gasteiger partial charge >= 0.3 is 0 Å². The van der Waals surface area contributed by atoms with Gasteiger partial charge in [-0.25, -0.2) is 8.42 Å². The van der Waals surface area contributed by atoms with Crippen LogP contribution in [0.1, 0.15) is 45.1 Å². The fraction of sp³-hybridized carbons (Fsp3) is 0.342. The molecule has 0 spiro atoms. The second kappa shape index (κ2) is 12.2. The molecule has 5 heterocycles. The first kappa shape index (κ1) is 30.5. The Morgan fingerprint density at radius 1 is 0.696 bits per heavy atom. The molecule has 3 aromatic carbocycles. The number of nitrogens with zero attached hydrogens (tertiary/aromatic N) is 4. The summed E-state index contributed by atoms with van der Waals surface area (Å²) in [5.74, 6) is 1.70. The van der Waals surface area contributed by atoms with Crippen LogP contribution >= 0.6 is 0 Å². The highest BCUT2D eigenvalue weighted by atomic mass is 32.2. The normalized spacial score (nSPS) is 16.8. The van der Waals surface area contributed by atoms with Crippen molar-refractivity contribution in [1.29, 1.82) is 0 Å². The van der Waals surface area contributed by atoms with E-state index in [1.54, 1.807) is 12.1 Å². The van der Waals surface area contributed by atoms with E-state index in [0.717, 1.165) is 17.4 Å². The van der Waals surface area contributed by atoms with Gasteiger partial charge in [0.25, 0.3) is 5.65 Å². The molecule has 0 aliphatic carbocycles.